The number of ether oxygens (including phenoxy) is 1. The van der Waals surface area contributed by atoms with Crippen LogP contribution in [0.2, 0.25) is 0 Å². The number of methoxy groups -OCH3 is 1. The Labute approximate surface area is 139 Å². The highest BCUT2D eigenvalue weighted by atomic mass is 79.9. The SMILES string of the molecule is CCc1ccccc1NS(=O)(=O)c1cc(Br)c(C)cc1OC. The Morgan fingerprint density at radius 2 is 1.91 bits per heavy atom. The summed E-state index contributed by atoms with van der Waals surface area (Å²) >= 11 is 3.37. The van der Waals surface area contributed by atoms with Crippen molar-refractivity contribution in [1.29, 1.82) is 0 Å². The monoisotopic (exact) mass is 383 g/mol. The maximum Gasteiger partial charge on any atom is 0.265 e. The standard InChI is InChI=1S/C16H18BrNO3S/c1-4-12-7-5-6-8-14(12)18-22(19,20)16-10-13(17)11(2)9-15(16)21-3/h5-10,18H,4H2,1-3H3. The number of halogens is 1. The minimum atomic E-state index is -3.73. The highest BCUT2D eigenvalue weighted by Crippen LogP contribution is 2.32. The fourth-order valence-corrected chi connectivity index (χ4v) is 3.91. The van der Waals surface area contributed by atoms with Crippen molar-refractivity contribution in [3.8, 4) is 5.75 Å². The third-order valence-electron chi connectivity index (χ3n) is 3.38. The molecule has 0 saturated carbocycles. The van der Waals surface area contributed by atoms with Crippen LogP contribution in [0.4, 0.5) is 5.69 Å². The van der Waals surface area contributed by atoms with Crippen LogP contribution in [0.25, 0.3) is 0 Å². The van der Waals surface area contributed by atoms with Gasteiger partial charge in [0, 0.05) is 4.47 Å². The Morgan fingerprint density at radius 1 is 1.23 bits per heavy atom. The van der Waals surface area contributed by atoms with E-state index in [9.17, 15) is 8.42 Å². The maximum absolute atomic E-state index is 12.7. The molecule has 0 saturated heterocycles. The second kappa shape index (κ2) is 6.71. The Hall–Kier alpha value is -1.53. The summed E-state index contributed by atoms with van der Waals surface area (Å²) in [4.78, 5) is 0.110. The molecule has 2 aromatic rings. The van der Waals surface area contributed by atoms with E-state index in [0.717, 1.165) is 22.0 Å². The van der Waals surface area contributed by atoms with Crippen LogP contribution in [0, 0.1) is 6.92 Å². The lowest BCUT2D eigenvalue weighted by Crippen LogP contribution is -2.15. The van der Waals surface area contributed by atoms with Crippen molar-refractivity contribution >= 4 is 31.6 Å². The van der Waals surface area contributed by atoms with Crippen LogP contribution in [-0.2, 0) is 16.4 Å². The van der Waals surface area contributed by atoms with E-state index in [4.69, 9.17) is 4.74 Å². The van der Waals surface area contributed by atoms with Crippen molar-refractivity contribution in [3.63, 3.8) is 0 Å². The Balaban J connectivity index is 2.49. The molecule has 4 nitrogen and oxygen atoms in total. The molecule has 0 amide bonds. The predicted octanol–water partition coefficient (Wildman–Crippen LogP) is 4.13. The molecule has 0 aromatic heterocycles. The number of para-hydroxylation sites is 1. The first-order chi connectivity index (χ1) is 10.4. The number of rotatable bonds is 5. The predicted molar refractivity (Wildman–Crippen MR) is 92.1 cm³/mol. The van der Waals surface area contributed by atoms with E-state index in [1.54, 1.807) is 24.3 Å². The molecule has 1 N–H and O–H groups in total. The third kappa shape index (κ3) is 3.44. The van der Waals surface area contributed by atoms with E-state index in [2.05, 4.69) is 20.7 Å². The summed E-state index contributed by atoms with van der Waals surface area (Å²) < 4.78 is 34.0. The molecule has 0 spiro atoms. The van der Waals surface area contributed by atoms with Gasteiger partial charge in [-0.15, -0.1) is 0 Å². The number of aryl methyl sites for hydroxylation is 2. The molecule has 118 valence electrons. The van der Waals surface area contributed by atoms with E-state index in [1.807, 2.05) is 26.0 Å². The number of benzene rings is 2. The van der Waals surface area contributed by atoms with Crippen LogP contribution in [0.5, 0.6) is 5.75 Å². The molecule has 0 aliphatic rings. The molecule has 0 bridgehead atoms. The van der Waals surface area contributed by atoms with Gasteiger partial charge < -0.3 is 4.74 Å². The lowest BCUT2D eigenvalue weighted by molar-refractivity contribution is 0.402. The largest absolute Gasteiger partial charge is 0.495 e. The minimum Gasteiger partial charge on any atom is -0.495 e. The van der Waals surface area contributed by atoms with Crippen molar-refractivity contribution in [2.45, 2.75) is 25.2 Å². The van der Waals surface area contributed by atoms with Gasteiger partial charge in [0.05, 0.1) is 12.8 Å². The number of nitrogens with one attached hydrogen (secondary N) is 1. The zero-order chi connectivity index (χ0) is 16.3. The summed E-state index contributed by atoms with van der Waals surface area (Å²) in [6.45, 7) is 3.86. The highest BCUT2D eigenvalue weighted by Gasteiger charge is 2.22. The fraction of sp³-hybridized carbons (Fsp3) is 0.250. The Bertz CT molecular complexity index is 788. The van der Waals surface area contributed by atoms with Gasteiger partial charge in [-0.3, -0.25) is 4.72 Å². The van der Waals surface area contributed by atoms with Crippen molar-refractivity contribution in [3.05, 3.63) is 52.0 Å². The first kappa shape index (κ1) is 16.8. The average molecular weight is 384 g/mol. The van der Waals surface area contributed by atoms with Gasteiger partial charge in [-0.1, -0.05) is 41.1 Å². The van der Waals surface area contributed by atoms with Crippen LogP contribution >= 0.6 is 15.9 Å². The molecule has 0 fully saturated rings. The lowest BCUT2D eigenvalue weighted by atomic mass is 10.1. The summed E-state index contributed by atoms with van der Waals surface area (Å²) in [5.41, 5.74) is 2.43. The Morgan fingerprint density at radius 3 is 2.55 bits per heavy atom. The average Bonchev–Trinajstić information content (AvgIpc) is 2.49. The quantitative estimate of drug-likeness (QED) is 0.844. The van der Waals surface area contributed by atoms with Crippen LogP contribution in [0.1, 0.15) is 18.1 Å². The molecule has 2 rings (SSSR count). The van der Waals surface area contributed by atoms with E-state index in [0.29, 0.717) is 11.4 Å². The molecule has 2 aromatic carbocycles. The molecule has 0 heterocycles. The molecule has 0 radical (unpaired) electrons. The van der Waals surface area contributed by atoms with Gasteiger partial charge in [0.2, 0.25) is 0 Å². The molecule has 0 atom stereocenters. The highest BCUT2D eigenvalue weighted by molar-refractivity contribution is 9.10. The summed E-state index contributed by atoms with van der Waals surface area (Å²) in [5.74, 6) is 0.321. The Kier molecular flexibility index (Phi) is 5.13. The second-order valence-electron chi connectivity index (χ2n) is 4.87. The van der Waals surface area contributed by atoms with Crippen molar-refractivity contribution in [1.82, 2.24) is 0 Å². The number of sulfonamides is 1. The lowest BCUT2D eigenvalue weighted by Gasteiger charge is -2.15. The van der Waals surface area contributed by atoms with Gasteiger partial charge in [-0.05, 0) is 42.7 Å². The van der Waals surface area contributed by atoms with Gasteiger partial charge in [-0.2, -0.15) is 0 Å². The number of hydrogen-bond donors (Lipinski definition) is 1. The second-order valence-corrected chi connectivity index (χ2v) is 7.37. The van der Waals surface area contributed by atoms with Crippen molar-refractivity contribution in [2.24, 2.45) is 0 Å². The molecular formula is C16H18BrNO3S. The van der Waals surface area contributed by atoms with Crippen molar-refractivity contribution in [2.75, 3.05) is 11.8 Å². The summed E-state index contributed by atoms with van der Waals surface area (Å²) in [7, 11) is -2.27. The van der Waals surface area contributed by atoms with Gasteiger partial charge >= 0.3 is 0 Å². The van der Waals surface area contributed by atoms with Gasteiger partial charge in [0.15, 0.2) is 0 Å². The topological polar surface area (TPSA) is 55.4 Å². The van der Waals surface area contributed by atoms with Crippen LogP contribution in [-0.4, -0.2) is 15.5 Å². The van der Waals surface area contributed by atoms with Gasteiger partial charge in [0.25, 0.3) is 10.0 Å². The van der Waals surface area contributed by atoms with Crippen LogP contribution in [0.15, 0.2) is 45.8 Å². The van der Waals surface area contributed by atoms with Crippen LogP contribution in [0.3, 0.4) is 0 Å². The van der Waals surface area contributed by atoms with Gasteiger partial charge in [-0.25, -0.2) is 8.42 Å². The molecule has 0 aliphatic heterocycles. The minimum absolute atomic E-state index is 0.110. The van der Waals surface area contributed by atoms with Crippen LogP contribution < -0.4 is 9.46 Å². The smallest absolute Gasteiger partial charge is 0.265 e. The summed E-state index contributed by atoms with van der Waals surface area (Å²) in [6.07, 6.45) is 0.743. The van der Waals surface area contributed by atoms with Gasteiger partial charge in [0.1, 0.15) is 10.6 Å². The molecule has 22 heavy (non-hydrogen) atoms. The molecule has 0 unspecified atom stereocenters. The first-order valence-electron chi connectivity index (χ1n) is 6.84. The van der Waals surface area contributed by atoms with E-state index < -0.39 is 10.0 Å². The first-order valence-corrected chi connectivity index (χ1v) is 9.11. The summed E-state index contributed by atoms with van der Waals surface area (Å²) in [5, 5.41) is 0. The number of anilines is 1. The maximum atomic E-state index is 12.7. The zero-order valence-electron chi connectivity index (χ0n) is 12.7. The molecular weight excluding hydrogens is 366 g/mol. The zero-order valence-corrected chi connectivity index (χ0v) is 15.1. The van der Waals surface area contributed by atoms with E-state index >= 15 is 0 Å². The fourth-order valence-electron chi connectivity index (χ4n) is 2.13. The van der Waals surface area contributed by atoms with E-state index in [-0.39, 0.29) is 4.90 Å². The van der Waals surface area contributed by atoms with Crippen molar-refractivity contribution < 1.29 is 13.2 Å². The summed E-state index contributed by atoms with van der Waals surface area (Å²) in [6, 6.07) is 10.6. The third-order valence-corrected chi connectivity index (χ3v) is 5.62. The molecule has 0 aliphatic carbocycles. The normalized spacial score (nSPS) is 11.3. The molecule has 6 heteroatoms. The van der Waals surface area contributed by atoms with E-state index in [1.165, 1.54) is 7.11 Å². The number of hydrogen-bond acceptors (Lipinski definition) is 3.